The number of amides is 1. The smallest absolute Gasteiger partial charge is 0.368 e. The van der Waals surface area contributed by atoms with E-state index in [1.165, 1.54) is 12.1 Å². The van der Waals surface area contributed by atoms with Crippen molar-refractivity contribution in [3.8, 4) is 0 Å². The second-order valence-corrected chi connectivity index (χ2v) is 4.94. The molecule has 1 aromatic rings. The highest BCUT2D eigenvalue weighted by Crippen LogP contribution is 2.22. The van der Waals surface area contributed by atoms with Gasteiger partial charge in [-0.25, -0.2) is 4.39 Å². The van der Waals surface area contributed by atoms with Crippen LogP contribution < -0.4 is 0 Å². The van der Waals surface area contributed by atoms with Crippen molar-refractivity contribution in [1.82, 2.24) is 4.90 Å². The van der Waals surface area contributed by atoms with Crippen LogP contribution in [0.1, 0.15) is 18.4 Å². The second-order valence-electron chi connectivity index (χ2n) is 4.94. The summed E-state index contributed by atoms with van der Waals surface area (Å²) >= 11 is 0. The molecule has 116 valence electrons. The quantitative estimate of drug-likeness (QED) is 0.801. The molecule has 0 saturated carbocycles. The van der Waals surface area contributed by atoms with Crippen molar-refractivity contribution >= 4 is 5.91 Å². The minimum Gasteiger partial charge on any atom is -0.368 e. The van der Waals surface area contributed by atoms with Crippen LogP contribution in [0.4, 0.5) is 17.6 Å². The Bertz CT molecular complexity index is 481. The lowest BCUT2D eigenvalue weighted by Gasteiger charge is -2.26. The summed E-state index contributed by atoms with van der Waals surface area (Å²) in [7, 11) is 0. The predicted molar refractivity (Wildman–Crippen MR) is 66.8 cm³/mol. The van der Waals surface area contributed by atoms with Gasteiger partial charge < -0.3 is 9.64 Å². The van der Waals surface area contributed by atoms with Crippen LogP contribution in [0, 0.1) is 5.82 Å². The molecule has 1 unspecified atom stereocenters. The Kier molecular flexibility index (Phi) is 4.82. The topological polar surface area (TPSA) is 29.5 Å². The van der Waals surface area contributed by atoms with Gasteiger partial charge in [0, 0.05) is 13.2 Å². The molecule has 1 heterocycles. The van der Waals surface area contributed by atoms with Gasteiger partial charge in [0.2, 0.25) is 0 Å². The number of rotatable bonds is 4. The molecule has 0 radical (unpaired) electrons. The Hall–Kier alpha value is -1.63. The van der Waals surface area contributed by atoms with Crippen LogP contribution in [0.25, 0.3) is 0 Å². The van der Waals surface area contributed by atoms with Crippen molar-refractivity contribution in [3.05, 3.63) is 35.6 Å². The number of halogens is 4. The van der Waals surface area contributed by atoms with E-state index in [4.69, 9.17) is 4.74 Å². The fourth-order valence-corrected chi connectivity index (χ4v) is 2.21. The third-order valence-electron chi connectivity index (χ3n) is 3.17. The molecular formula is C14H15F4NO2. The first kappa shape index (κ1) is 15.8. The summed E-state index contributed by atoms with van der Waals surface area (Å²) in [4.78, 5) is 12.8. The molecule has 21 heavy (non-hydrogen) atoms. The standard InChI is InChI=1S/C14H15F4NO2/c15-11-5-3-10(4-6-11)8-19(9-14(16,17)18)13(20)12-2-1-7-21-12/h3-6,12H,1-2,7-9H2. The molecule has 1 aliphatic heterocycles. The van der Waals surface area contributed by atoms with Gasteiger partial charge in [0.25, 0.3) is 5.91 Å². The van der Waals surface area contributed by atoms with Gasteiger partial charge in [-0.1, -0.05) is 12.1 Å². The zero-order chi connectivity index (χ0) is 15.5. The van der Waals surface area contributed by atoms with Gasteiger partial charge in [-0.15, -0.1) is 0 Å². The van der Waals surface area contributed by atoms with Gasteiger partial charge in [0.05, 0.1) is 0 Å². The molecular weight excluding hydrogens is 290 g/mol. The summed E-state index contributed by atoms with van der Waals surface area (Å²) in [6.45, 7) is -1.19. The summed E-state index contributed by atoms with van der Waals surface area (Å²) in [6, 6.07) is 5.03. The first-order valence-corrected chi connectivity index (χ1v) is 6.57. The second kappa shape index (κ2) is 6.43. The number of hydrogen-bond acceptors (Lipinski definition) is 2. The minimum atomic E-state index is -4.49. The lowest BCUT2D eigenvalue weighted by atomic mass is 10.1. The number of ether oxygens (including phenoxy) is 1. The van der Waals surface area contributed by atoms with Crippen LogP contribution in [-0.4, -0.2) is 36.2 Å². The van der Waals surface area contributed by atoms with Crippen LogP contribution in [0.5, 0.6) is 0 Å². The van der Waals surface area contributed by atoms with Gasteiger partial charge in [0.15, 0.2) is 0 Å². The summed E-state index contributed by atoms with van der Waals surface area (Å²) in [5.74, 6) is -1.15. The average Bonchev–Trinajstić information content (AvgIpc) is 2.92. The third-order valence-corrected chi connectivity index (χ3v) is 3.17. The Balaban J connectivity index is 2.11. The third kappa shape index (κ3) is 4.70. The molecule has 0 bridgehead atoms. The van der Waals surface area contributed by atoms with E-state index in [1.54, 1.807) is 0 Å². The molecule has 1 fully saturated rings. The van der Waals surface area contributed by atoms with E-state index in [-0.39, 0.29) is 6.54 Å². The number of alkyl halides is 3. The highest BCUT2D eigenvalue weighted by Gasteiger charge is 2.36. The van der Waals surface area contributed by atoms with E-state index < -0.39 is 30.5 Å². The molecule has 0 aromatic heterocycles. The van der Waals surface area contributed by atoms with Crippen molar-refractivity contribution in [3.63, 3.8) is 0 Å². The number of carbonyl (C=O) groups is 1. The Morgan fingerprint density at radius 2 is 1.95 bits per heavy atom. The highest BCUT2D eigenvalue weighted by atomic mass is 19.4. The molecule has 0 aliphatic carbocycles. The van der Waals surface area contributed by atoms with E-state index in [1.807, 2.05) is 0 Å². The predicted octanol–water partition coefficient (Wildman–Crippen LogP) is 2.90. The molecule has 1 atom stereocenters. The molecule has 0 N–H and O–H groups in total. The summed E-state index contributed by atoms with van der Waals surface area (Å²) in [5, 5.41) is 0. The van der Waals surface area contributed by atoms with Gasteiger partial charge in [-0.2, -0.15) is 13.2 Å². The fraction of sp³-hybridized carbons (Fsp3) is 0.500. The molecule has 2 rings (SSSR count). The normalized spacial score (nSPS) is 18.8. The summed E-state index contributed by atoms with van der Waals surface area (Å²) in [5.41, 5.74) is 0.437. The van der Waals surface area contributed by atoms with Crippen molar-refractivity contribution in [1.29, 1.82) is 0 Å². The maximum Gasteiger partial charge on any atom is 0.406 e. The lowest BCUT2D eigenvalue weighted by molar-refractivity contribution is -0.168. The van der Waals surface area contributed by atoms with E-state index in [9.17, 15) is 22.4 Å². The van der Waals surface area contributed by atoms with Crippen molar-refractivity contribution < 1.29 is 27.1 Å². The summed E-state index contributed by atoms with van der Waals surface area (Å²) < 4.78 is 55.8. The largest absolute Gasteiger partial charge is 0.406 e. The van der Waals surface area contributed by atoms with Gasteiger partial charge in [0.1, 0.15) is 18.5 Å². The molecule has 3 nitrogen and oxygen atoms in total. The van der Waals surface area contributed by atoms with E-state index in [0.29, 0.717) is 29.9 Å². The lowest BCUT2D eigenvalue weighted by Crippen LogP contribution is -2.43. The zero-order valence-electron chi connectivity index (χ0n) is 11.2. The van der Waals surface area contributed by atoms with Crippen molar-refractivity contribution in [2.24, 2.45) is 0 Å². The maximum atomic E-state index is 12.8. The fourth-order valence-electron chi connectivity index (χ4n) is 2.21. The highest BCUT2D eigenvalue weighted by molar-refractivity contribution is 5.81. The number of nitrogens with zero attached hydrogens (tertiary/aromatic N) is 1. The Morgan fingerprint density at radius 1 is 1.29 bits per heavy atom. The minimum absolute atomic E-state index is 0.224. The summed E-state index contributed by atoms with van der Waals surface area (Å²) in [6.07, 6.45) is -4.22. The van der Waals surface area contributed by atoms with E-state index in [0.717, 1.165) is 12.1 Å². The van der Waals surface area contributed by atoms with Crippen LogP contribution in [0.2, 0.25) is 0 Å². The number of benzene rings is 1. The Morgan fingerprint density at radius 3 is 2.48 bits per heavy atom. The van der Waals surface area contributed by atoms with E-state index in [2.05, 4.69) is 0 Å². The van der Waals surface area contributed by atoms with Crippen LogP contribution >= 0.6 is 0 Å². The monoisotopic (exact) mass is 305 g/mol. The van der Waals surface area contributed by atoms with Gasteiger partial charge in [-0.3, -0.25) is 4.79 Å². The van der Waals surface area contributed by atoms with Crippen molar-refractivity contribution in [2.45, 2.75) is 31.7 Å². The van der Waals surface area contributed by atoms with E-state index >= 15 is 0 Å². The van der Waals surface area contributed by atoms with Crippen LogP contribution in [0.3, 0.4) is 0 Å². The molecule has 0 spiro atoms. The first-order chi connectivity index (χ1) is 9.85. The molecule has 1 aliphatic rings. The van der Waals surface area contributed by atoms with Crippen LogP contribution in [-0.2, 0) is 16.1 Å². The number of carbonyl (C=O) groups excluding carboxylic acids is 1. The SMILES string of the molecule is O=C(C1CCCO1)N(Cc1ccc(F)cc1)CC(F)(F)F. The van der Waals surface area contributed by atoms with Gasteiger partial charge in [-0.05, 0) is 30.5 Å². The Labute approximate surface area is 119 Å². The number of hydrogen-bond donors (Lipinski definition) is 0. The first-order valence-electron chi connectivity index (χ1n) is 6.57. The zero-order valence-corrected chi connectivity index (χ0v) is 11.2. The van der Waals surface area contributed by atoms with Crippen molar-refractivity contribution in [2.75, 3.05) is 13.2 Å². The average molecular weight is 305 g/mol. The van der Waals surface area contributed by atoms with Crippen LogP contribution in [0.15, 0.2) is 24.3 Å². The molecule has 7 heteroatoms. The van der Waals surface area contributed by atoms with Gasteiger partial charge >= 0.3 is 6.18 Å². The maximum absolute atomic E-state index is 12.8. The molecule has 1 saturated heterocycles. The molecule has 1 aromatic carbocycles. The molecule has 1 amide bonds.